The van der Waals surface area contributed by atoms with Crippen LogP contribution in [0.15, 0.2) is 48.5 Å². The molecular formula is C21H20N2O3S. The summed E-state index contributed by atoms with van der Waals surface area (Å²) in [4.78, 5) is 30.0. The van der Waals surface area contributed by atoms with Crippen molar-refractivity contribution in [3.8, 4) is 5.75 Å². The number of rotatable bonds is 3. The quantitative estimate of drug-likeness (QED) is 0.829. The highest BCUT2D eigenvalue weighted by Gasteiger charge is 2.73. The number of thioether (sulfide) groups is 1. The van der Waals surface area contributed by atoms with Gasteiger partial charge in [0.25, 0.3) is 0 Å². The molecule has 2 saturated heterocycles. The van der Waals surface area contributed by atoms with Gasteiger partial charge in [0.2, 0.25) is 11.8 Å². The molecule has 138 valence electrons. The van der Waals surface area contributed by atoms with E-state index in [2.05, 4.69) is 24.0 Å². The van der Waals surface area contributed by atoms with Gasteiger partial charge >= 0.3 is 0 Å². The second-order valence-electron chi connectivity index (χ2n) is 7.30. The van der Waals surface area contributed by atoms with Crippen LogP contribution in [0.3, 0.4) is 0 Å². The lowest BCUT2D eigenvalue weighted by molar-refractivity contribution is -0.124. The van der Waals surface area contributed by atoms with E-state index in [4.69, 9.17) is 0 Å². The summed E-state index contributed by atoms with van der Waals surface area (Å²) in [6.07, 6.45) is 0. The zero-order valence-electron chi connectivity index (χ0n) is 15.1. The van der Waals surface area contributed by atoms with Gasteiger partial charge in [0.1, 0.15) is 10.6 Å². The smallest absolute Gasteiger partial charge is 0.240 e. The summed E-state index contributed by atoms with van der Waals surface area (Å²) in [5.74, 6) is -0.0711. The first-order valence-corrected chi connectivity index (χ1v) is 10.1. The number of anilines is 1. The summed E-state index contributed by atoms with van der Waals surface area (Å²) in [5, 5.41) is 9.55. The van der Waals surface area contributed by atoms with E-state index in [1.54, 1.807) is 23.9 Å². The maximum atomic E-state index is 13.5. The van der Waals surface area contributed by atoms with Crippen LogP contribution in [0.4, 0.5) is 5.69 Å². The van der Waals surface area contributed by atoms with Crippen molar-refractivity contribution in [3.05, 3.63) is 59.7 Å². The minimum absolute atomic E-state index is 0.0798. The molecule has 2 amide bonds. The number of aromatic hydroxyl groups is 1. The largest absolute Gasteiger partial charge is 0.508 e. The Hall–Kier alpha value is -2.31. The van der Waals surface area contributed by atoms with Gasteiger partial charge in [-0.1, -0.05) is 31.2 Å². The minimum Gasteiger partial charge on any atom is -0.508 e. The van der Waals surface area contributed by atoms with Crippen LogP contribution in [0.5, 0.6) is 5.75 Å². The highest BCUT2D eigenvalue weighted by molar-refractivity contribution is 8.00. The fourth-order valence-electron chi connectivity index (χ4n) is 5.27. The first-order valence-electron chi connectivity index (χ1n) is 9.15. The Labute approximate surface area is 162 Å². The molecular weight excluding hydrogens is 360 g/mol. The van der Waals surface area contributed by atoms with Crippen molar-refractivity contribution in [1.29, 1.82) is 0 Å². The first kappa shape index (κ1) is 16.8. The van der Waals surface area contributed by atoms with Crippen molar-refractivity contribution < 1.29 is 14.7 Å². The number of carbonyl (C=O) groups is 2. The molecule has 3 aliphatic rings. The Morgan fingerprint density at radius 1 is 1.07 bits per heavy atom. The normalized spacial score (nSPS) is 31.5. The number of imide groups is 1. The molecule has 2 aromatic rings. The third-order valence-electron chi connectivity index (χ3n) is 6.19. The Balaban J connectivity index is 1.68. The molecule has 4 unspecified atom stereocenters. The van der Waals surface area contributed by atoms with E-state index in [0.29, 0.717) is 5.69 Å². The molecule has 4 atom stereocenters. The van der Waals surface area contributed by atoms with Gasteiger partial charge in [-0.3, -0.25) is 14.5 Å². The van der Waals surface area contributed by atoms with E-state index in [1.165, 1.54) is 22.6 Å². The van der Waals surface area contributed by atoms with Crippen molar-refractivity contribution in [3.63, 3.8) is 0 Å². The Bertz CT molecular complexity index is 960. The summed E-state index contributed by atoms with van der Waals surface area (Å²) in [7, 11) is 2.04. The van der Waals surface area contributed by atoms with E-state index in [1.807, 2.05) is 19.2 Å². The molecule has 3 heterocycles. The highest BCUT2D eigenvalue weighted by Crippen LogP contribution is 2.68. The van der Waals surface area contributed by atoms with E-state index < -0.39 is 10.8 Å². The van der Waals surface area contributed by atoms with Crippen molar-refractivity contribution in [2.45, 2.75) is 17.8 Å². The third kappa shape index (κ3) is 1.89. The lowest BCUT2D eigenvalue weighted by Gasteiger charge is -2.37. The number of fused-ring (bicyclic) bond motifs is 8. The molecule has 5 nitrogen and oxygen atoms in total. The number of phenols is 1. The lowest BCUT2D eigenvalue weighted by atomic mass is 9.77. The first-order chi connectivity index (χ1) is 13.0. The zero-order valence-corrected chi connectivity index (χ0v) is 15.9. The fourth-order valence-corrected chi connectivity index (χ4v) is 6.80. The molecule has 0 saturated carbocycles. The lowest BCUT2D eigenvalue weighted by Crippen LogP contribution is -2.43. The van der Waals surface area contributed by atoms with Crippen molar-refractivity contribution in [2.24, 2.45) is 11.8 Å². The Morgan fingerprint density at radius 3 is 2.48 bits per heavy atom. The van der Waals surface area contributed by atoms with Gasteiger partial charge in [0.05, 0.1) is 17.5 Å². The van der Waals surface area contributed by atoms with Gasteiger partial charge in [-0.2, -0.15) is 0 Å². The van der Waals surface area contributed by atoms with Crippen molar-refractivity contribution in [2.75, 3.05) is 17.7 Å². The van der Waals surface area contributed by atoms with Gasteiger partial charge in [-0.05, 0) is 48.2 Å². The maximum absolute atomic E-state index is 13.5. The van der Waals surface area contributed by atoms with Gasteiger partial charge in [0.15, 0.2) is 0 Å². The van der Waals surface area contributed by atoms with Crippen molar-refractivity contribution in [1.82, 2.24) is 4.90 Å². The number of phenolic OH excluding ortho intramolecular Hbond substituents is 1. The molecule has 5 rings (SSSR count). The SMILES string of the molecule is CCSC12c3ccccc3C(C3C(=O)N(c4ccc(O)cc4)C(=O)C31)N2C. The molecule has 2 bridgehead atoms. The average molecular weight is 380 g/mol. The number of hydrogen-bond donors (Lipinski definition) is 1. The van der Waals surface area contributed by atoms with Crippen LogP contribution in [0.25, 0.3) is 0 Å². The highest BCUT2D eigenvalue weighted by atomic mass is 32.2. The topological polar surface area (TPSA) is 60.9 Å². The van der Waals surface area contributed by atoms with Crippen molar-refractivity contribution >= 4 is 29.3 Å². The van der Waals surface area contributed by atoms with Gasteiger partial charge in [0, 0.05) is 6.04 Å². The Kier molecular flexibility index (Phi) is 3.49. The monoisotopic (exact) mass is 380 g/mol. The molecule has 6 heteroatoms. The third-order valence-corrected chi connectivity index (χ3v) is 7.68. The summed E-state index contributed by atoms with van der Waals surface area (Å²) in [6.45, 7) is 2.09. The predicted octanol–water partition coefficient (Wildman–Crippen LogP) is 3.10. The van der Waals surface area contributed by atoms with E-state index in [0.717, 1.165) is 11.3 Å². The molecule has 2 aromatic carbocycles. The summed E-state index contributed by atoms with van der Waals surface area (Å²) in [5.41, 5.74) is 2.86. The molecule has 3 aliphatic heterocycles. The Morgan fingerprint density at radius 2 is 1.78 bits per heavy atom. The minimum atomic E-state index is -0.501. The fraction of sp³-hybridized carbons (Fsp3) is 0.333. The summed E-state index contributed by atoms with van der Waals surface area (Å²) in [6, 6.07) is 14.4. The molecule has 2 fully saturated rings. The predicted molar refractivity (Wildman–Crippen MR) is 104 cm³/mol. The summed E-state index contributed by atoms with van der Waals surface area (Å²) < 4.78 is 0. The van der Waals surface area contributed by atoms with E-state index in [-0.39, 0.29) is 29.5 Å². The average Bonchev–Trinajstić information content (AvgIpc) is 3.17. The van der Waals surface area contributed by atoms with Gasteiger partial charge < -0.3 is 5.11 Å². The molecule has 27 heavy (non-hydrogen) atoms. The van der Waals surface area contributed by atoms with Crippen LogP contribution in [-0.2, 0) is 14.5 Å². The second kappa shape index (κ2) is 5.59. The number of nitrogens with zero attached hydrogens (tertiary/aromatic N) is 2. The van der Waals surface area contributed by atoms with Crippen LogP contribution >= 0.6 is 11.8 Å². The second-order valence-corrected chi connectivity index (χ2v) is 8.79. The van der Waals surface area contributed by atoms with Crippen LogP contribution in [0, 0.1) is 11.8 Å². The number of carbonyl (C=O) groups excluding carboxylic acids is 2. The molecule has 0 spiro atoms. The van der Waals surface area contributed by atoms with Gasteiger partial charge in [-0.15, -0.1) is 11.8 Å². The molecule has 0 aliphatic carbocycles. The van der Waals surface area contributed by atoms with Crippen LogP contribution in [-0.4, -0.2) is 34.6 Å². The van der Waals surface area contributed by atoms with Crippen LogP contribution < -0.4 is 4.90 Å². The maximum Gasteiger partial charge on any atom is 0.240 e. The standard InChI is InChI=1S/C21H20N2O3S/c1-3-27-21-15-7-5-4-6-14(15)18(22(21)2)16-17(21)20(26)23(19(16)25)12-8-10-13(24)11-9-12/h4-11,16-18,24H,3H2,1-2H3. The molecule has 0 radical (unpaired) electrons. The van der Waals surface area contributed by atoms with E-state index >= 15 is 0 Å². The summed E-state index contributed by atoms with van der Waals surface area (Å²) >= 11 is 1.75. The zero-order chi connectivity index (χ0) is 18.9. The van der Waals surface area contributed by atoms with Crippen LogP contribution in [0.2, 0.25) is 0 Å². The van der Waals surface area contributed by atoms with Gasteiger partial charge in [-0.25, -0.2) is 4.90 Å². The number of hydrogen-bond acceptors (Lipinski definition) is 5. The number of amides is 2. The molecule has 1 N–H and O–H groups in total. The molecule has 0 aromatic heterocycles. The van der Waals surface area contributed by atoms with E-state index in [9.17, 15) is 14.7 Å². The van der Waals surface area contributed by atoms with Crippen LogP contribution in [0.1, 0.15) is 24.1 Å². The number of benzene rings is 2.